The zero-order chi connectivity index (χ0) is 13.5. The molecule has 1 nitrogen and oxygen atoms in total. The molecule has 0 aliphatic heterocycles. The third-order valence-corrected chi connectivity index (χ3v) is 11.7. The fourth-order valence-corrected chi connectivity index (χ4v) is 11.1. The minimum atomic E-state index is -0.839. The number of hydrogen-bond donors (Lipinski definition) is 2. The van der Waals surface area contributed by atoms with E-state index in [2.05, 4.69) is 33.4 Å². The van der Waals surface area contributed by atoms with Crippen molar-refractivity contribution in [2.75, 3.05) is 0 Å². The van der Waals surface area contributed by atoms with Crippen LogP contribution in [-0.4, -0.2) is 30.3 Å². The first-order chi connectivity index (χ1) is 8.08. The molecule has 1 N–H and O–H groups in total. The van der Waals surface area contributed by atoms with Crippen LogP contribution in [0.25, 0.3) is 0 Å². The van der Waals surface area contributed by atoms with Crippen LogP contribution in [0.1, 0.15) is 66.2 Å². The van der Waals surface area contributed by atoms with Gasteiger partial charge in [-0.2, -0.15) is 0 Å². The topological polar surface area (TPSA) is 20.2 Å². The Balaban J connectivity index is 0. The molecular formula is C14H33OSSn+. The summed E-state index contributed by atoms with van der Waals surface area (Å²) in [5.41, 5.74) is -0.472. The van der Waals surface area contributed by atoms with Gasteiger partial charge in [-0.05, 0) is 6.92 Å². The molecule has 0 amide bonds. The van der Waals surface area contributed by atoms with E-state index in [4.69, 9.17) is 5.11 Å². The third kappa shape index (κ3) is 22.7. The van der Waals surface area contributed by atoms with Crippen LogP contribution in [-0.2, 0) is 0 Å². The molecule has 104 valence electrons. The van der Waals surface area contributed by atoms with E-state index in [9.17, 15) is 0 Å². The van der Waals surface area contributed by atoms with Gasteiger partial charge in [-0.25, -0.2) is 0 Å². The Labute approximate surface area is 122 Å². The van der Waals surface area contributed by atoms with Crippen molar-refractivity contribution in [3.05, 3.63) is 0 Å². The summed E-state index contributed by atoms with van der Waals surface area (Å²) in [6.07, 6.45) is 8.85. The fraction of sp³-hybridized carbons (Fsp3) is 1.00. The van der Waals surface area contributed by atoms with Crippen molar-refractivity contribution in [2.24, 2.45) is 0 Å². The number of unbranched alkanes of at least 4 members (excludes halogenated alkanes) is 3. The molecule has 0 rings (SSSR count). The first kappa shape index (κ1) is 20.4. The Morgan fingerprint density at radius 3 is 1.29 bits per heavy atom. The van der Waals surface area contributed by atoms with Crippen molar-refractivity contribution < 1.29 is 5.11 Å². The van der Waals surface area contributed by atoms with Crippen molar-refractivity contribution in [1.29, 1.82) is 0 Å². The molecule has 0 heterocycles. The SMILES string of the molecule is CC(O)S.CCC[CH2][Sn+]([CH2]CCC)[CH2]CCC. The van der Waals surface area contributed by atoms with E-state index in [1.807, 2.05) is 0 Å². The quantitative estimate of drug-likeness (QED) is 0.328. The number of hydrogen-bond acceptors (Lipinski definition) is 2. The van der Waals surface area contributed by atoms with E-state index in [1.165, 1.54) is 38.5 Å². The Kier molecular flexibility index (Phi) is 20.6. The Hall–Kier alpha value is 1.11. The van der Waals surface area contributed by atoms with Crippen LogP contribution in [0, 0.1) is 0 Å². The van der Waals surface area contributed by atoms with E-state index in [0.29, 0.717) is 0 Å². The molecule has 0 saturated carbocycles. The van der Waals surface area contributed by atoms with Crippen molar-refractivity contribution in [1.82, 2.24) is 0 Å². The number of aliphatic hydroxyl groups excluding tert-OH is 1. The van der Waals surface area contributed by atoms with E-state index in [0.717, 1.165) is 0 Å². The molecule has 0 aliphatic rings. The van der Waals surface area contributed by atoms with Gasteiger partial charge in [0.25, 0.3) is 0 Å². The van der Waals surface area contributed by atoms with Crippen LogP contribution in [0.15, 0.2) is 0 Å². The van der Waals surface area contributed by atoms with Gasteiger partial charge < -0.3 is 5.11 Å². The van der Waals surface area contributed by atoms with Crippen LogP contribution in [0.4, 0.5) is 0 Å². The second-order valence-electron chi connectivity index (χ2n) is 4.69. The van der Waals surface area contributed by atoms with Gasteiger partial charge in [0.2, 0.25) is 0 Å². The summed E-state index contributed by atoms with van der Waals surface area (Å²) in [5, 5.41) is 7.92. The number of thiol groups is 1. The third-order valence-electron chi connectivity index (χ3n) is 2.65. The van der Waals surface area contributed by atoms with E-state index in [1.54, 1.807) is 20.2 Å². The summed E-state index contributed by atoms with van der Waals surface area (Å²) >= 11 is 2.68. The van der Waals surface area contributed by atoms with E-state index >= 15 is 0 Å². The van der Waals surface area contributed by atoms with Crippen LogP contribution < -0.4 is 0 Å². The maximum atomic E-state index is 7.92. The van der Waals surface area contributed by atoms with Gasteiger partial charge in [-0.1, -0.05) is 0 Å². The maximum absolute atomic E-state index is 7.92. The van der Waals surface area contributed by atoms with E-state index in [-0.39, 0.29) is 0 Å². The zero-order valence-corrected chi connectivity index (χ0v) is 16.1. The van der Waals surface area contributed by atoms with Gasteiger partial charge in [0.05, 0.1) is 5.44 Å². The molecule has 0 saturated heterocycles. The molecule has 1 unspecified atom stereocenters. The molecule has 17 heavy (non-hydrogen) atoms. The summed E-state index contributed by atoms with van der Waals surface area (Å²) in [6.45, 7) is 8.59. The molecule has 1 atom stereocenters. The average Bonchev–Trinajstić information content (AvgIpc) is 2.27. The molecule has 0 radical (unpaired) electrons. The van der Waals surface area contributed by atoms with Crippen molar-refractivity contribution in [3.8, 4) is 0 Å². The summed E-state index contributed by atoms with van der Waals surface area (Å²) in [7, 11) is 0. The first-order valence-electron chi connectivity index (χ1n) is 7.28. The molecule has 0 bridgehead atoms. The van der Waals surface area contributed by atoms with Gasteiger partial charge >= 0.3 is 92.4 Å². The zero-order valence-electron chi connectivity index (χ0n) is 12.3. The van der Waals surface area contributed by atoms with Crippen molar-refractivity contribution >= 4 is 32.4 Å². The summed E-state index contributed by atoms with van der Waals surface area (Å²) in [4.78, 5) is 0. The molecule has 0 aromatic carbocycles. The van der Waals surface area contributed by atoms with Crippen LogP contribution in [0.3, 0.4) is 0 Å². The first-order valence-corrected chi connectivity index (χ1v) is 13.8. The Bertz CT molecular complexity index is 110. The minimum absolute atomic E-state index is 0.472. The second-order valence-corrected chi connectivity index (χ2v) is 14.0. The average molecular weight is 368 g/mol. The molecule has 0 spiro atoms. The van der Waals surface area contributed by atoms with Crippen LogP contribution in [0.2, 0.25) is 13.3 Å². The van der Waals surface area contributed by atoms with Gasteiger partial charge in [0.15, 0.2) is 0 Å². The van der Waals surface area contributed by atoms with Gasteiger partial charge in [-0.3, -0.25) is 0 Å². The molecule has 0 aliphatic carbocycles. The number of rotatable bonds is 9. The van der Waals surface area contributed by atoms with Crippen molar-refractivity contribution in [2.45, 2.75) is 85.0 Å². The van der Waals surface area contributed by atoms with Gasteiger partial charge in [-0.15, -0.1) is 12.6 Å². The predicted molar refractivity (Wildman–Crippen MR) is 85.6 cm³/mol. The molecule has 0 aromatic heterocycles. The molecule has 0 aromatic rings. The van der Waals surface area contributed by atoms with Crippen molar-refractivity contribution in [3.63, 3.8) is 0 Å². The number of aliphatic hydroxyl groups is 1. The predicted octanol–water partition coefficient (Wildman–Crippen LogP) is 5.14. The monoisotopic (exact) mass is 369 g/mol. The summed E-state index contributed by atoms with van der Waals surface area (Å²) in [6, 6.07) is 0. The van der Waals surface area contributed by atoms with Gasteiger partial charge in [0.1, 0.15) is 0 Å². The van der Waals surface area contributed by atoms with Crippen LogP contribution >= 0.6 is 12.6 Å². The van der Waals surface area contributed by atoms with Crippen LogP contribution in [0.5, 0.6) is 0 Å². The second kappa shape index (κ2) is 17.1. The normalized spacial score (nSPS) is 11.6. The fourth-order valence-electron chi connectivity index (χ4n) is 1.66. The van der Waals surface area contributed by atoms with E-state index < -0.39 is 25.2 Å². The van der Waals surface area contributed by atoms with Gasteiger partial charge in [0, 0.05) is 0 Å². The molecule has 3 heteroatoms. The Morgan fingerprint density at radius 1 is 0.882 bits per heavy atom. The Morgan fingerprint density at radius 2 is 1.12 bits per heavy atom. The molecule has 0 fully saturated rings. The summed E-state index contributed by atoms with van der Waals surface area (Å²) < 4.78 is 5.04. The summed E-state index contributed by atoms with van der Waals surface area (Å²) in [5.74, 6) is 0. The standard InChI is InChI=1S/3C4H9.C2H6OS.Sn/c3*1-3-4-2;1-2(3)4;/h3*1,3-4H2,2H3;2-4H,1H3;/q;;;;+1. The molecular weight excluding hydrogens is 335 g/mol.